The van der Waals surface area contributed by atoms with Crippen LogP contribution in [0.2, 0.25) is 0 Å². The summed E-state index contributed by atoms with van der Waals surface area (Å²) in [5.74, 6) is 0. The van der Waals surface area contributed by atoms with E-state index in [2.05, 4.69) is 181 Å². The quantitative estimate of drug-likeness (QED) is 0.197. The number of benzene rings is 7. The van der Waals surface area contributed by atoms with Crippen LogP contribution in [0.15, 0.2) is 170 Å². The summed E-state index contributed by atoms with van der Waals surface area (Å²) in [5.41, 5.74) is 14.6. The maximum atomic E-state index is 2.49. The molecule has 0 spiro atoms. The first-order chi connectivity index (χ1) is 21.8. The predicted molar refractivity (Wildman–Crippen MR) is 187 cm³/mol. The van der Waals surface area contributed by atoms with Crippen LogP contribution >= 0.6 is 0 Å². The summed E-state index contributed by atoms with van der Waals surface area (Å²) >= 11 is 0. The lowest BCUT2D eigenvalue weighted by Gasteiger charge is -2.19. The van der Waals surface area contributed by atoms with Crippen LogP contribution in [0.5, 0.6) is 0 Å². The van der Waals surface area contributed by atoms with Crippen molar-refractivity contribution in [3.8, 4) is 50.2 Å². The molecule has 208 valence electrons. The van der Waals surface area contributed by atoms with Crippen molar-refractivity contribution in [1.29, 1.82) is 0 Å². The minimum absolute atomic E-state index is 1.19. The first kappa shape index (κ1) is 26.0. The molecule has 0 aliphatic rings. The molecule has 1 heterocycles. The molecule has 7 aromatic carbocycles. The summed E-state index contributed by atoms with van der Waals surface area (Å²) in [7, 11) is 0. The highest BCUT2D eigenvalue weighted by atomic mass is 15.0. The summed E-state index contributed by atoms with van der Waals surface area (Å²) < 4.78 is 2.49. The minimum atomic E-state index is 1.19. The number of para-hydroxylation sites is 2. The van der Waals surface area contributed by atoms with Gasteiger partial charge in [-0.2, -0.15) is 0 Å². The van der Waals surface area contributed by atoms with Crippen molar-refractivity contribution in [3.63, 3.8) is 0 Å². The zero-order chi connectivity index (χ0) is 29.5. The average Bonchev–Trinajstić information content (AvgIpc) is 3.42. The Morgan fingerprint density at radius 2 is 0.818 bits per heavy atom. The summed E-state index contributed by atoms with van der Waals surface area (Å²) in [4.78, 5) is 0. The molecule has 0 radical (unpaired) electrons. The fourth-order valence-corrected chi connectivity index (χ4v) is 6.58. The Labute approximate surface area is 258 Å². The maximum absolute atomic E-state index is 2.49. The van der Waals surface area contributed by atoms with Crippen LogP contribution < -0.4 is 0 Å². The molecule has 0 bridgehead atoms. The monoisotopic (exact) mass is 561 g/mol. The van der Waals surface area contributed by atoms with Gasteiger partial charge in [-0.3, -0.25) is 0 Å². The second-order valence-corrected chi connectivity index (χ2v) is 11.4. The molecule has 0 fully saturated rings. The lowest BCUT2D eigenvalue weighted by atomic mass is 9.93. The third-order valence-electron chi connectivity index (χ3n) is 8.70. The molecule has 0 saturated carbocycles. The van der Waals surface area contributed by atoms with Crippen molar-refractivity contribution in [3.05, 3.63) is 175 Å². The van der Waals surface area contributed by atoms with Gasteiger partial charge < -0.3 is 4.57 Å². The molecular formula is C43H31N. The highest BCUT2D eigenvalue weighted by Gasteiger charge is 2.20. The molecule has 0 amide bonds. The average molecular weight is 562 g/mol. The van der Waals surface area contributed by atoms with Gasteiger partial charge in [-0.1, -0.05) is 163 Å². The number of fused-ring (bicyclic) bond motifs is 3. The lowest BCUT2D eigenvalue weighted by molar-refractivity contribution is 1.18. The van der Waals surface area contributed by atoms with Gasteiger partial charge in [0.2, 0.25) is 0 Å². The third-order valence-corrected chi connectivity index (χ3v) is 8.70. The zero-order valence-electron chi connectivity index (χ0n) is 24.6. The molecule has 1 nitrogen and oxygen atoms in total. The second kappa shape index (κ2) is 10.9. The van der Waals surface area contributed by atoms with Gasteiger partial charge in [0, 0.05) is 21.9 Å². The Morgan fingerprint density at radius 1 is 0.341 bits per heavy atom. The first-order valence-corrected chi connectivity index (χ1v) is 15.2. The fraction of sp³-hybridized carbons (Fsp3) is 0.0233. The fourth-order valence-electron chi connectivity index (χ4n) is 6.58. The molecule has 1 aromatic heterocycles. The Hall–Kier alpha value is -5.66. The van der Waals surface area contributed by atoms with E-state index in [0.717, 1.165) is 0 Å². The smallest absolute Gasteiger partial charge is 0.0618 e. The highest BCUT2D eigenvalue weighted by molar-refractivity contribution is 6.11. The Morgan fingerprint density at radius 3 is 1.48 bits per heavy atom. The first-order valence-electron chi connectivity index (χ1n) is 15.2. The second-order valence-electron chi connectivity index (χ2n) is 11.4. The van der Waals surface area contributed by atoms with Crippen LogP contribution in [-0.2, 0) is 0 Å². The van der Waals surface area contributed by atoms with Gasteiger partial charge in [0.05, 0.1) is 16.7 Å². The Kier molecular flexibility index (Phi) is 6.43. The van der Waals surface area contributed by atoms with Crippen molar-refractivity contribution >= 4 is 21.8 Å². The molecule has 0 aliphatic heterocycles. The number of aryl methyl sites for hydroxylation is 1. The van der Waals surface area contributed by atoms with E-state index < -0.39 is 0 Å². The van der Waals surface area contributed by atoms with E-state index in [1.54, 1.807) is 0 Å². The van der Waals surface area contributed by atoms with Gasteiger partial charge in [0.25, 0.3) is 0 Å². The number of hydrogen-bond acceptors (Lipinski definition) is 0. The molecule has 1 heteroatoms. The molecule has 0 atom stereocenters. The number of hydrogen-bond donors (Lipinski definition) is 0. The van der Waals surface area contributed by atoms with E-state index >= 15 is 0 Å². The zero-order valence-corrected chi connectivity index (χ0v) is 24.6. The van der Waals surface area contributed by atoms with Crippen molar-refractivity contribution < 1.29 is 0 Å². The molecular weight excluding hydrogens is 530 g/mol. The van der Waals surface area contributed by atoms with E-state index in [-0.39, 0.29) is 0 Å². The van der Waals surface area contributed by atoms with Gasteiger partial charge in [0.1, 0.15) is 0 Å². The van der Waals surface area contributed by atoms with E-state index in [1.807, 2.05) is 0 Å². The van der Waals surface area contributed by atoms with Gasteiger partial charge >= 0.3 is 0 Å². The number of aromatic nitrogens is 1. The third kappa shape index (κ3) is 4.42. The molecule has 0 saturated heterocycles. The predicted octanol–water partition coefficient (Wildman–Crippen LogP) is 11.8. The molecule has 0 N–H and O–H groups in total. The summed E-state index contributed by atoms with van der Waals surface area (Å²) in [6, 6.07) is 61.6. The van der Waals surface area contributed by atoms with Crippen molar-refractivity contribution in [2.75, 3.05) is 0 Å². The minimum Gasteiger partial charge on any atom is -0.308 e. The van der Waals surface area contributed by atoms with E-state index in [1.165, 1.54) is 77.6 Å². The topological polar surface area (TPSA) is 4.93 Å². The standard InChI is InChI=1S/C43H31N/c1-30-23-25-33(26-24-30)35-17-8-9-18-36(35)34-27-28-40-39-19-10-11-22-41(39)44(42(40)29-34)43-37(31-13-4-2-5-14-31)20-12-21-38(43)32-15-6-3-7-16-32/h2-29H,1H3. The Bertz CT molecular complexity index is 2200. The molecule has 0 aliphatic carbocycles. The lowest BCUT2D eigenvalue weighted by Crippen LogP contribution is -2.00. The van der Waals surface area contributed by atoms with E-state index in [9.17, 15) is 0 Å². The van der Waals surface area contributed by atoms with Gasteiger partial charge in [-0.05, 0) is 52.4 Å². The number of rotatable bonds is 5. The summed E-state index contributed by atoms with van der Waals surface area (Å²) in [5, 5.41) is 2.50. The maximum Gasteiger partial charge on any atom is 0.0618 e. The number of nitrogens with zero attached hydrogens (tertiary/aromatic N) is 1. The van der Waals surface area contributed by atoms with Crippen LogP contribution in [0.1, 0.15) is 5.56 Å². The van der Waals surface area contributed by atoms with Crippen molar-refractivity contribution in [2.45, 2.75) is 6.92 Å². The van der Waals surface area contributed by atoms with Crippen LogP contribution in [-0.4, -0.2) is 4.57 Å². The van der Waals surface area contributed by atoms with Crippen LogP contribution in [0, 0.1) is 6.92 Å². The SMILES string of the molecule is Cc1ccc(-c2ccccc2-c2ccc3c4ccccc4n(-c4c(-c5ccccc5)cccc4-c4ccccc4)c3c2)cc1. The largest absolute Gasteiger partial charge is 0.308 e. The molecule has 0 unspecified atom stereocenters. The van der Waals surface area contributed by atoms with Gasteiger partial charge in [-0.25, -0.2) is 0 Å². The summed E-state index contributed by atoms with van der Waals surface area (Å²) in [6.45, 7) is 2.14. The van der Waals surface area contributed by atoms with Gasteiger partial charge in [0.15, 0.2) is 0 Å². The highest BCUT2D eigenvalue weighted by Crippen LogP contribution is 2.43. The van der Waals surface area contributed by atoms with Crippen molar-refractivity contribution in [2.24, 2.45) is 0 Å². The normalized spacial score (nSPS) is 11.3. The summed E-state index contributed by atoms with van der Waals surface area (Å²) in [6.07, 6.45) is 0. The van der Waals surface area contributed by atoms with Crippen LogP contribution in [0.4, 0.5) is 0 Å². The molecule has 8 rings (SSSR count). The molecule has 44 heavy (non-hydrogen) atoms. The van der Waals surface area contributed by atoms with E-state index in [4.69, 9.17) is 0 Å². The van der Waals surface area contributed by atoms with E-state index in [0.29, 0.717) is 0 Å². The Balaban J connectivity index is 1.46. The van der Waals surface area contributed by atoms with Crippen LogP contribution in [0.3, 0.4) is 0 Å². The van der Waals surface area contributed by atoms with Crippen molar-refractivity contribution in [1.82, 2.24) is 4.57 Å². The molecule has 8 aromatic rings. The van der Waals surface area contributed by atoms with Gasteiger partial charge in [-0.15, -0.1) is 0 Å². The van der Waals surface area contributed by atoms with Crippen LogP contribution in [0.25, 0.3) is 72.0 Å².